The molecule has 2 rings (SSSR count). The van der Waals surface area contributed by atoms with E-state index in [1.807, 2.05) is 6.07 Å². The molecule has 0 bridgehead atoms. The SMILES string of the molecule is N#Cc1ccc(Cl)c(Nc2ncc(N)s2)c1. The van der Waals surface area contributed by atoms with Crippen LogP contribution in [-0.2, 0) is 0 Å². The summed E-state index contributed by atoms with van der Waals surface area (Å²) in [5.41, 5.74) is 6.74. The van der Waals surface area contributed by atoms with Crippen molar-refractivity contribution in [1.82, 2.24) is 4.98 Å². The van der Waals surface area contributed by atoms with Crippen LogP contribution in [0.5, 0.6) is 0 Å². The van der Waals surface area contributed by atoms with Crippen LogP contribution < -0.4 is 11.1 Å². The number of nitrogens with one attached hydrogen (secondary N) is 1. The van der Waals surface area contributed by atoms with Gasteiger partial charge in [0.25, 0.3) is 0 Å². The van der Waals surface area contributed by atoms with Crippen molar-refractivity contribution in [3.8, 4) is 6.07 Å². The first-order valence-corrected chi connectivity index (χ1v) is 5.56. The van der Waals surface area contributed by atoms with E-state index < -0.39 is 0 Å². The molecule has 1 aromatic carbocycles. The van der Waals surface area contributed by atoms with Gasteiger partial charge in [-0.05, 0) is 18.2 Å². The fourth-order valence-electron chi connectivity index (χ4n) is 1.15. The highest BCUT2D eigenvalue weighted by Gasteiger charge is 2.04. The third kappa shape index (κ3) is 2.24. The summed E-state index contributed by atoms with van der Waals surface area (Å²) in [5.74, 6) is 0. The standard InChI is InChI=1S/C10H7ClN4S/c11-7-2-1-6(4-12)3-8(7)15-10-14-5-9(13)16-10/h1-3,5H,13H2,(H,14,15). The molecule has 3 N–H and O–H groups in total. The first-order valence-electron chi connectivity index (χ1n) is 4.37. The summed E-state index contributed by atoms with van der Waals surface area (Å²) in [6.07, 6.45) is 1.56. The van der Waals surface area contributed by atoms with Crippen molar-refractivity contribution in [2.24, 2.45) is 0 Å². The minimum absolute atomic E-state index is 0.535. The van der Waals surface area contributed by atoms with Crippen LogP contribution in [0.15, 0.2) is 24.4 Å². The molecule has 0 aliphatic heterocycles. The number of nitriles is 1. The number of benzene rings is 1. The predicted octanol–water partition coefficient (Wildman–Crippen LogP) is 2.99. The highest BCUT2D eigenvalue weighted by molar-refractivity contribution is 7.19. The molecule has 4 nitrogen and oxygen atoms in total. The molecule has 0 saturated carbocycles. The van der Waals surface area contributed by atoms with Gasteiger partial charge in [-0.1, -0.05) is 22.9 Å². The minimum Gasteiger partial charge on any atom is -0.389 e. The summed E-state index contributed by atoms with van der Waals surface area (Å²) in [6, 6.07) is 7.03. The Hall–Kier alpha value is -1.77. The van der Waals surface area contributed by atoms with E-state index >= 15 is 0 Å². The quantitative estimate of drug-likeness (QED) is 0.859. The van der Waals surface area contributed by atoms with Gasteiger partial charge in [0.2, 0.25) is 0 Å². The van der Waals surface area contributed by atoms with E-state index in [2.05, 4.69) is 10.3 Å². The summed E-state index contributed by atoms with van der Waals surface area (Å²) >= 11 is 7.30. The largest absolute Gasteiger partial charge is 0.389 e. The molecule has 0 spiro atoms. The lowest BCUT2D eigenvalue weighted by Gasteiger charge is -2.04. The molecule has 0 atom stereocenters. The molecule has 1 aromatic heterocycles. The Balaban J connectivity index is 2.30. The van der Waals surface area contributed by atoms with Crippen LogP contribution in [0.2, 0.25) is 5.02 Å². The average Bonchev–Trinajstić information content (AvgIpc) is 2.67. The molecule has 0 amide bonds. The van der Waals surface area contributed by atoms with Crippen molar-refractivity contribution < 1.29 is 0 Å². The second-order valence-corrected chi connectivity index (χ2v) is 4.47. The second-order valence-electron chi connectivity index (χ2n) is 3.00. The number of hydrogen-bond donors (Lipinski definition) is 2. The molecular formula is C10H7ClN4S. The van der Waals surface area contributed by atoms with Gasteiger partial charge in [0, 0.05) is 0 Å². The lowest BCUT2D eigenvalue weighted by atomic mass is 10.2. The molecule has 0 saturated heterocycles. The number of nitrogen functional groups attached to an aromatic ring is 1. The molecule has 6 heteroatoms. The third-order valence-electron chi connectivity index (χ3n) is 1.86. The number of anilines is 3. The highest BCUT2D eigenvalue weighted by Crippen LogP contribution is 2.29. The number of nitrogens with two attached hydrogens (primary N) is 1. The van der Waals surface area contributed by atoms with E-state index in [9.17, 15) is 0 Å². The predicted molar refractivity (Wildman–Crippen MR) is 66.0 cm³/mol. The van der Waals surface area contributed by atoms with Crippen LogP contribution in [0.25, 0.3) is 0 Å². The van der Waals surface area contributed by atoms with Gasteiger partial charge in [-0.2, -0.15) is 5.26 Å². The van der Waals surface area contributed by atoms with Crippen molar-refractivity contribution in [2.45, 2.75) is 0 Å². The fourth-order valence-corrected chi connectivity index (χ4v) is 1.91. The second kappa shape index (κ2) is 4.39. The number of hydrogen-bond acceptors (Lipinski definition) is 5. The molecule has 0 unspecified atom stereocenters. The molecule has 2 aromatic rings. The monoisotopic (exact) mass is 250 g/mol. The van der Waals surface area contributed by atoms with Crippen LogP contribution in [0, 0.1) is 11.3 Å². The van der Waals surface area contributed by atoms with E-state index in [0.717, 1.165) is 0 Å². The summed E-state index contributed by atoms with van der Waals surface area (Å²) in [4.78, 5) is 4.05. The van der Waals surface area contributed by atoms with E-state index in [-0.39, 0.29) is 0 Å². The Bertz CT molecular complexity index is 558. The summed E-state index contributed by atoms with van der Waals surface area (Å²) < 4.78 is 0. The van der Waals surface area contributed by atoms with E-state index in [4.69, 9.17) is 22.6 Å². The molecule has 0 aliphatic rings. The average molecular weight is 251 g/mol. The number of rotatable bonds is 2. The molecule has 0 radical (unpaired) electrons. The maximum atomic E-state index is 8.77. The zero-order valence-electron chi connectivity index (χ0n) is 8.07. The van der Waals surface area contributed by atoms with Crippen LogP contribution in [0.1, 0.15) is 5.56 Å². The molecule has 0 aliphatic carbocycles. The number of nitrogens with zero attached hydrogens (tertiary/aromatic N) is 2. The maximum absolute atomic E-state index is 8.77. The normalized spacial score (nSPS) is 9.75. The van der Waals surface area contributed by atoms with Crippen molar-refractivity contribution in [3.05, 3.63) is 35.0 Å². The van der Waals surface area contributed by atoms with Crippen molar-refractivity contribution in [2.75, 3.05) is 11.1 Å². The van der Waals surface area contributed by atoms with Gasteiger partial charge < -0.3 is 11.1 Å². The van der Waals surface area contributed by atoms with E-state index in [1.165, 1.54) is 11.3 Å². The minimum atomic E-state index is 0.535. The van der Waals surface area contributed by atoms with Crippen molar-refractivity contribution in [3.63, 3.8) is 0 Å². The van der Waals surface area contributed by atoms with Crippen molar-refractivity contribution in [1.29, 1.82) is 5.26 Å². The van der Waals surface area contributed by atoms with E-state index in [0.29, 0.717) is 26.4 Å². The zero-order chi connectivity index (χ0) is 11.5. The summed E-state index contributed by atoms with van der Waals surface area (Å²) in [7, 11) is 0. The van der Waals surface area contributed by atoms with Gasteiger partial charge in [-0.15, -0.1) is 0 Å². The Labute approximate surface area is 101 Å². The number of halogens is 1. The zero-order valence-corrected chi connectivity index (χ0v) is 9.64. The van der Waals surface area contributed by atoms with Crippen molar-refractivity contribution >= 4 is 38.8 Å². The van der Waals surface area contributed by atoms with Gasteiger partial charge >= 0.3 is 0 Å². The lowest BCUT2D eigenvalue weighted by Crippen LogP contribution is -1.90. The van der Waals surface area contributed by atoms with Gasteiger partial charge in [-0.25, -0.2) is 4.98 Å². The first-order chi connectivity index (χ1) is 7.69. The lowest BCUT2D eigenvalue weighted by molar-refractivity contribution is 1.39. The highest BCUT2D eigenvalue weighted by atomic mass is 35.5. The van der Waals surface area contributed by atoms with Crippen LogP contribution >= 0.6 is 22.9 Å². The Morgan fingerprint density at radius 2 is 2.31 bits per heavy atom. The molecule has 80 valence electrons. The molecule has 16 heavy (non-hydrogen) atoms. The third-order valence-corrected chi connectivity index (χ3v) is 2.93. The Kier molecular flexibility index (Phi) is 2.95. The summed E-state index contributed by atoms with van der Waals surface area (Å²) in [5, 5.41) is 13.6. The van der Waals surface area contributed by atoms with Gasteiger partial charge in [0.05, 0.1) is 28.5 Å². The number of aromatic nitrogens is 1. The topological polar surface area (TPSA) is 74.7 Å². The molecule has 0 fully saturated rings. The Morgan fingerprint density at radius 3 is 2.94 bits per heavy atom. The van der Waals surface area contributed by atoms with Crippen LogP contribution in [0.3, 0.4) is 0 Å². The maximum Gasteiger partial charge on any atom is 0.189 e. The molecule has 1 heterocycles. The first kappa shape index (κ1) is 10.7. The van der Waals surface area contributed by atoms with Gasteiger partial charge in [-0.3, -0.25) is 0 Å². The van der Waals surface area contributed by atoms with Gasteiger partial charge in [0.15, 0.2) is 5.13 Å². The van der Waals surface area contributed by atoms with E-state index in [1.54, 1.807) is 24.4 Å². The fraction of sp³-hybridized carbons (Fsp3) is 0. The van der Waals surface area contributed by atoms with Gasteiger partial charge in [0.1, 0.15) is 5.00 Å². The smallest absolute Gasteiger partial charge is 0.189 e. The summed E-state index contributed by atoms with van der Waals surface area (Å²) in [6.45, 7) is 0. The van der Waals surface area contributed by atoms with Crippen LogP contribution in [0.4, 0.5) is 15.8 Å². The Morgan fingerprint density at radius 1 is 1.50 bits per heavy atom. The molecular weight excluding hydrogens is 244 g/mol. The van der Waals surface area contributed by atoms with Crippen LogP contribution in [-0.4, -0.2) is 4.98 Å². The number of thiazole rings is 1.